The molecule has 1 heterocycles. The zero-order chi connectivity index (χ0) is 23.5. The zero-order valence-electron chi connectivity index (χ0n) is 17.4. The van der Waals surface area contributed by atoms with Gasteiger partial charge in [-0.1, -0.05) is 48.5 Å². The number of fused-ring (bicyclic) bond motifs is 1. The Hall–Kier alpha value is -4.60. The van der Waals surface area contributed by atoms with Crippen LogP contribution in [0.25, 0.3) is 0 Å². The minimum Gasteiger partial charge on any atom is -0.311 e. The third kappa shape index (κ3) is 4.40. The molecule has 3 aromatic rings. The number of para-hydroxylation sites is 1. The molecule has 1 aliphatic heterocycles. The van der Waals surface area contributed by atoms with Crippen LogP contribution in [0.3, 0.4) is 0 Å². The van der Waals surface area contributed by atoms with E-state index in [1.165, 1.54) is 4.90 Å². The third-order valence-corrected chi connectivity index (χ3v) is 5.07. The molecule has 0 fully saturated rings. The number of anilines is 2. The lowest BCUT2D eigenvalue weighted by molar-refractivity contribution is -0.384. The number of benzodiazepines with no additional fused rings is 1. The van der Waals surface area contributed by atoms with Crippen molar-refractivity contribution in [3.63, 3.8) is 0 Å². The van der Waals surface area contributed by atoms with E-state index in [2.05, 4.69) is 15.6 Å². The van der Waals surface area contributed by atoms with E-state index in [-0.39, 0.29) is 0 Å². The molecule has 0 aromatic heterocycles. The molecule has 3 aromatic carbocycles. The molecular weight excluding hydrogens is 429 g/mol. The van der Waals surface area contributed by atoms with Crippen LogP contribution in [0.1, 0.15) is 11.1 Å². The molecule has 33 heavy (non-hydrogen) atoms. The zero-order valence-corrected chi connectivity index (χ0v) is 17.4. The number of non-ortho nitro benzene ring substituents is 1. The Balaban J connectivity index is 1.67. The molecule has 2 N–H and O–H groups in total. The van der Waals surface area contributed by atoms with Gasteiger partial charge >= 0.3 is 6.03 Å². The average molecular weight is 447 g/mol. The number of rotatable bonds is 4. The Morgan fingerprint density at radius 2 is 1.79 bits per heavy atom. The van der Waals surface area contributed by atoms with E-state index in [0.717, 1.165) is 23.8 Å². The van der Waals surface area contributed by atoms with E-state index in [1.807, 2.05) is 42.5 Å². The van der Waals surface area contributed by atoms with Crippen molar-refractivity contribution in [3.8, 4) is 0 Å². The Labute approximate surface area is 187 Å². The van der Waals surface area contributed by atoms with Gasteiger partial charge in [0.25, 0.3) is 11.6 Å². The number of amides is 3. The van der Waals surface area contributed by atoms with Gasteiger partial charge in [-0.2, -0.15) is 0 Å². The van der Waals surface area contributed by atoms with Crippen LogP contribution in [-0.2, 0) is 4.79 Å². The molecular formula is C23H18FN5O4. The number of aliphatic imine (C=N–C) groups is 1. The highest BCUT2D eigenvalue weighted by Crippen LogP contribution is 2.27. The van der Waals surface area contributed by atoms with Gasteiger partial charge < -0.3 is 15.5 Å². The number of nitrogens with one attached hydrogen (secondary N) is 2. The fourth-order valence-corrected chi connectivity index (χ4v) is 3.45. The maximum atomic E-state index is 14.1. The van der Waals surface area contributed by atoms with Crippen LogP contribution < -0.4 is 15.5 Å². The summed E-state index contributed by atoms with van der Waals surface area (Å²) in [6.45, 7) is 0. The third-order valence-electron chi connectivity index (χ3n) is 5.07. The van der Waals surface area contributed by atoms with E-state index in [9.17, 15) is 24.1 Å². The van der Waals surface area contributed by atoms with Gasteiger partial charge in [-0.05, 0) is 12.1 Å². The van der Waals surface area contributed by atoms with E-state index in [1.54, 1.807) is 19.2 Å². The number of carbonyl (C=O) groups excluding carboxylic acids is 2. The Bertz CT molecular complexity index is 1280. The largest absolute Gasteiger partial charge is 0.321 e. The standard InChI is InChI=1S/C23H18FN5O4/c1-28-19-10-6-5-9-16(19)20(14-7-3-2-4-8-14)26-21(22(28)30)27-23(31)25-18-13-15(29(32)33)11-12-17(18)24/h2-13,21H,1H3,(H2,25,27,31)/t21-/m0/s1. The first-order chi connectivity index (χ1) is 15.8. The highest BCUT2D eigenvalue weighted by molar-refractivity contribution is 6.20. The summed E-state index contributed by atoms with van der Waals surface area (Å²) in [7, 11) is 1.57. The van der Waals surface area contributed by atoms with Gasteiger partial charge in [-0.15, -0.1) is 0 Å². The summed E-state index contributed by atoms with van der Waals surface area (Å²) in [6, 6.07) is 18.2. The molecule has 0 aliphatic carbocycles. The van der Waals surface area contributed by atoms with Crippen LogP contribution in [0.5, 0.6) is 0 Å². The van der Waals surface area contributed by atoms with Gasteiger partial charge in [0.1, 0.15) is 5.82 Å². The van der Waals surface area contributed by atoms with E-state index in [0.29, 0.717) is 17.0 Å². The quantitative estimate of drug-likeness (QED) is 0.468. The number of halogens is 1. The number of nitro benzene ring substituents is 1. The lowest BCUT2D eigenvalue weighted by atomic mass is 10.0. The van der Waals surface area contributed by atoms with Crippen molar-refractivity contribution in [2.24, 2.45) is 4.99 Å². The van der Waals surface area contributed by atoms with Crippen molar-refractivity contribution >= 4 is 34.7 Å². The van der Waals surface area contributed by atoms with Crippen LogP contribution in [-0.4, -0.2) is 35.8 Å². The normalized spacial score (nSPS) is 15.2. The van der Waals surface area contributed by atoms with Crippen molar-refractivity contribution in [3.05, 3.63) is 99.9 Å². The first-order valence-corrected chi connectivity index (χ1v) is 9.87. The van der Waals surface area contributed by atoms with Crippen LogP contribution in [0.15, 0.2) is 77.8 Å². The number of hydrogen-bond donors (Lipinski definition) is 2. The van der Waals surface area contributed by atoms with Crippen LogP contribution >= 0.6 is 0 Å². The number of likely N-dealkylation sites (N-methyl/N-ethyl adjacent to an activating group) is 1. The Kier molecular flexibility index (Phi) is 5.81. The van der Waals surface area contributed by atoms with Gasteiger partial charge in [-0.25, -0.2) is 14.2 Å². The maximum absolute atomic E-state index is 14.1. The van der Waals surface area contributed by atoms with Gasteiger partial charge in [0.2, 0.25) is 6.17 Å². The van der Waals surface area contributed by atoms with Gasteiger partial charge in [-0.3, -0.25) is 14.9 Å². The summed E-state index contributed by atoms with van der Waals surface area (Å²) >= 11 is 0. The second kappa shape index (κ2) is 8.87. The summed E-state index contributed by atoms with van der Waals surface area (Å²) in [5.74, 6) is -1.37. The second-order valence-electron chi connectivity index (χ2n) is 7.18. The van der Waals surface area contributed by atoms with E-state index in [4.69, 9.17) is 0 Å². The predicted octanol–water partition coefficient (Wildman–Crippen LogP) is 3.70. The first kappa shape index (κ1) is 21.6. The molecule has 0 saturated carbocycles. The molecule has 10 heteroatoms. The number of benzene rings is 3. The first-order valence-electron chi connectivity index (χ1n) is 9.87. The second-order valence-corrected chi connectivity index (χ2v) is 7.18. The molecule has 0 spiro atoms. The highest BCUT2D eigenvalue weighted by Gasteiger charge is 2.31. The van der Waals surface area contributed by atoms with Crippen molar-refractivity contribution in [1.82, 2.24) is 5.32 Å². The van der Waals surface area contributed by atoms with Gasteiger partial charge in [0, 0.05) is 30.3 Å². The van der Waals surface area contributed by atoms with Gasteiger partial charge in [0.05, 0.1) is 22.0 Å². The number of urea groups is 1. The summed E-state index contributed by atoms with van der Waals surface area (Å²) in [6.07, 6.45) is -1.32. The predicted molar refractivity (Wildman–Crippen MR) is 121 cm³/mol. The van der Waals surface area contributed by atoms with E-state index >= 15 is 0 Å². The SMILES string of the molecule is CN1C(=O)[C@H](NC(=O)Nc2cc([N+](=O)[O-])ccc2F)N=C(c2ccccc2)c2ccccc21. The van der Waals surface area contributed by atoms with Crippen LogP contribution in [0.2, 0.25) is 0 Å². The van der Waals surface area contributed by atoms with Crippen molar-refractivity contribution in [2.75, 3.05) is 17.3 Å². The molecule has 1 aliphatic rings. The maximum Gasteiger partial charge on any atom is 0.321 e. The molecule has 166 valence electrons. The number of carbonyl (C=O) groups is 2. The van der Waals surface area contributed by atoms with Gasteiger partial charge in [0.15, 0.2) is 0 Å². The van der Waals surface area contributed by atoms with Crippen molar-refractivity contribution < 1.29 is 18.9 Å². The molecule has 0 saturated heterocycles. The Morgan fingerprint density at radius 1 is 1.09 bits per heavy atom. The summed E-state index contributed by atoms with van der Waals surface area (Å²) in [4.78, 5) is 41.8. The summed E-state index contributed by atoms with van der Waals surface area (Å²) in [5, 5.41) is 15.6. The van der Waals surface area contributed by atoms with Crippen LogP contribution in [0, 0.1) is 15.9 Å². The highest BCUT2D eigenvalue weighted by atomic mass is 19.1. The van der Waals surface area contributed by atoms with Crippen molar-refractivity contribution in [1.29, 1.82) is 0 Å². The monoisotopic (exact) mass is 447 g/mol. The average Bonchev–Trinajstić information content (AvgIpc) is 2.91. The molecule has 0 unspecified atom stereocenters. The molecule has 3 amide bonds. The fraction of sp³-hybridized carbons (Fsp3) is 0.0870. The topological polar surface area (TPSA) is 117 Å². The molecule has 0 bridgehead atoms. The molecule has 4 rings (SSSR count). The molecule has 0 radical (unpaired) electrons. The summed E-state index contributed by atoms with van der Waals surface area (Å²) < 4.78 is 14.1. The van der Waals surface area contributed by atoms with Crippen molar-refractivity contribution in [2.45, 2.75) is 6.17 Å². The van der Waals surface area contributed by atoms with E-state index < -0.39 is 40.2 Å². The smallest absolute Gasteiger partial charge is 0.311 e. The number of nitro groups is 1. The van der Waals surface area contributed by atoms with Crippen LogP contribution in [0.4, 0.5) is 26.2 Å². The molecule has 1 atom stereocenters. The number of nitrogens with zero attached hydrogens (tertiary/aromatic N) is 3. The minimum atomic E-state index is -1.32. The molecule has 9 nitrogen and oxygen atoms in total. The lowest BCUT2D eigenvalue weighted by Crippen LogP contribution is -2.47. The minimum absolute atomic E-state index is 0.392. The summed E-state index contributed by atoms with van der Waals surface area (Å²) in [5.41, 5.74) is 1.76. The lowest BCUT2D eigenvalue weighted by Gasteiger charge is -2.21. The number of hydrogen-bond acceptors (Lipinski definition) is 5. The fourth-order valence-electron chi connectivity index (χ4n) is 3.45. The Morgan fingerprint density at radius 3 is 2.52 bits per heavy atom.